The Morgan fingerprint density at radius 1 is 1.17 bits per heavy atom. The average molecular weight is 813 g/mol. The third-order valence-corrected chi connectivity index (χ3v) is 11.0. The lowest BCUT2D eigenvalue weighted by Gasteiger charge is -2.46. The van der Waals surface area contributed by atoms with Gasteiger partial charge in [-0.05, 0) is 30.9 Å². The molecule has 0 saturated carbocycles. The number of imidazole rings is 1. The number of nitro groups is 1. The van der Waals surface area contributed by atoms with Crippen molar-refractivity contribution in [2.75, 3.05) is 32.4 Å². The van der Waals surface area contributed by atoms with Gasteiger partial charge in [0.2, 0.25) is 15.8 Å². The predicted octanol–water partition coefficient (Wildman–Crippen LogP) is -0.943. The van der Waals surface area contributed by atoms with E-state index in [0.29, 0.717) is 42.2 Å². The molecule has 5 heterocycles. The van der Waals surface area contributed by atoms with E-state index in [1.54, 1.807) is 18.2 Å². The molecule has 4 atom stereocenters. The molecule has 1 aromatic carbocycles. The third-order valence-electron chi connectivity index (χ3n) is 8.94. The van der Waals surface area contributed by atoms with E-state index in [1.165, 1.54) is 57.2 Å². The summed E-state index contributed by atoms with van der Waals surface area (Å²) in [5, 5.41) is 31.9. The maximum absolute atomic E-state index is 13.3. The molecule has 2 N–H and O–H groups in total. The van der Waals surface area contributed by atoms with Gasteiger partial charge in [-0.3, -0.25) is 19.7 Å². The van der Waals surface area contributed by atoms with Crippen LogP contribution in [0.5, 0.6) is 0 Å². The van der Waals surface area contributed by atoms with Crippen LogP contribution in [0.1, 0.15) is 24.3 Å². The largest absolute Gasteiger partial charge is 1.00 e. The standard InChI is InChI=1S/C30H32N6O9S2.HI/c1-16-22(25(29(40)41)35-24(16)23(17(2)37)26(35)39)20-12-33-15-34(27(46-3)28(33)47-20)13-21(38)31-8-10-32(11-9-31)30(42)45-14-18-4-6-19(7-5-18)36(43)44;/h4-7,12,15-17,23-24,37H,8-11,13-14H2,1-3H3;1H/t16-,17+,23+,24+;/m0./s1. The van der Waals surface area contributed by atoms with Crippen LogP contribution in [0.3, 0.4) is 0 Å². The molecule has 0 spiro atoms. The maximum atomic E-state index is 13.3. The zero-order valence-corrected chi connectivity index (χ0v) is 29.9. The van der Waals surface area contributed by atoms with Gasteiger partial charge >= 0.3 is 12.1 Å². The number of amides is 3. The number of nitrogens with zero attached hydrogens (tertiary/aromatic N) is 6. The summed E-state index contributed by atoms with van der Waals surface area (Å²) in [5.74, 6) is -2.61. The first kappa shape index (κ1) is 35.6. The second-order valence-electron chi connectivity index (χ2n) is 11.7. The van der Waals surface area contributed by atoms with Crippen molar-refractivity contribution in [3.05, 3.63) is 63.0 Å². The molecule has 2 saturated heterocycles. The zero-order chi connectivity index (χ0) is 33.7. The van der Waals surface area contributed by atoms with Crippen LogP contribution in [0.15, 0.2) is 47.5 Å². The summed E-state index contributed by atoms with van der Waals surface area (Å²) in [4.78, 5) is 67.4. The SMILES string of the molecule is CSc1c2sc(C3=C(C(=O)O)N4C(=O)[C@H]([C@@H](C)O)[C@H]4[C@H]3C)c[n+]2cn1CC(=O)N1CCN(C(=O)OCc2ccc([N+](=O)[O-])cc2)CC1.[I-]. The fourth-order valence-corrected chi connectivity index (χ4v) is 8.78. The van der Waals surface area contributed by atoms with E-state index < -0.39 is 35.0 Å². The Morgan fingerprint density at radius 2 is 1.81 bits per heavy atom. The van der Waals surface area contributed by atoms with Gasteiger partial charge in [0.25, 0.3) is 17.9 Å². The van der Waals surface area contributed by atoms with Crippen LogP contribution in [-0.2, 0) is 32.3 Å². The highest BCUT2D eigenvalue weighted by Gasteiger charge is 2.60. The molecule has 0 bridgehead atoms. The number of non-ortho nitro benzene ring substituents is 1. The molecule has 2 fully saturated rings. The highest BCUT2D eigenvalue weighted by Crippen LogP contribution is 2.51. The molecule has 15 nitrogen and oxygen atoms in total. The topological polar surface area (TPSA) is 180 Å². The Hall–Kier alpha value is -3.75. The lowest BCUT2D eigenvalue weighted by Crippen LogP contribution is -3.00. The minimum atomic E-state index is -1.19. The molecule has 3 aliphatic rings. The quantitative estimate of drug-likeness (QED) is 0.0685. The number of nitro benzene ring substituents is 1. The molecule has 0 unspecified atom stereocenters. The number of thioether (sulfide) groups is 1. The molecule has 0 radical (unpaired) electrons. The first-order valence-corrected chi connectivity index (χ1v) is 16.9. The van der Waals surface area contributed by atoms with Crippen molar-refractivity contribution in [1.29, 1.82) is 0 Å². The number of aliphatic carboxylic acids is 1. The number of carboxylic acids is 1. The van der Waals surface area contributed by atoms with E-state index in [4.69, 9.17) is 4.74 Å². The molecular formula is C30H33IN6O9S2. The molecule has 256 valence electrons. The monoisotopic (exact) mass is 812 g/mol. The molecule has 18 heteroatoms. The van der Waals surface area contributed by atoms with Crippen molar-refractivity contribution >= 4 is 63.1 Å². The number of aliphatic hydroxyl groups is 1. The molecule has 3 aliphatic heterocycles. The minimum Gasteiger partial charge on any atom is -1.00 e. The summed E-state index contributed by atoms with van der Waals surface area (Å²) >= 11 is 2.85. The van der Waals surface area contributed by atoms with Gasteiger partial charge in [0.05, 0.1) is 27.9 Å². The van der Waals surface area contributed by atoms with Gasteiger partial charge in [0.15, 0.2) is 6.54 Å². The number of hydrogen-bond acceptors (Lipinski definition) is 10. The number of carbonyl (C=O) groups is 4. The Kier molecular flexibility index (Phi) is 10.4. The number of thiazole rings is 1. The number of carboxylic acid groups (broad SMARTS) is 1. The van der Waals surface area contributed by atoms with Crippen molar-refractivity contribution in [3.63, 3.8) is 0 Å². The second kappa shape index (κ2) is 14.0. The van der Waals surface area contributed by atoms with Gasteiger partial charge in [-0.1, -0.05) is 30.0 Å². The van der Waals surface area contributed by atoms with E-state index in [0.717, 1.165) is 9.86 Å². The summed E-state index contributed by atoms with van der Waals surface area (Å²) in [6, 6.07) is 5.36. The van der Waals surface area contributed by atoms with Gasteiger partial charge in [0, 0.05) is 49.8 Å². The fourth-order valence-electron chi connectivity index (χ4n) is 6.60. The summed E-state index contributed by atoms with van der Waals surface area (Å²) in [6.45, 7) is 4.75. The number of fused-ring (bicyclic) bond motifs is 2. The smallest absolute Gasteiger partial charge is 0.410 e. The number of carbonyl (C=O) groups excluding carboxylic acids is 3. The molecule has 48 heavy (non-hydrogen) atoms. The number of piperazine rings is 1. The average Bonchev–Trinajstić information content (AvgIpc) is 3.66. The third kappa shape index (κ3) is 6.25. The normalized spacial score (nSPS) is 21.1. The van der Waals surface area contributed by atoms with Crippen LogP contribution in [0.4, 0.5) is 10.5 Å². The summed E-state index contributed by atoms with van der Waals surface area (Å²) < 4.78 is 9.07. The summed E-state index contributed by atoms with van der Waals surface area (Å²) in [6.07, 6.45) is 4.11. The molecule has 3 aromatic rings. The van der Waals surface area contributed by atoms with Crippen LogP contribution in [0.2, 0.25) is 0 Å². The van der Waals surface area contributed by atoms with Gasteiger partial charge in [-0.2, -0.15) is 4.40 Å². The Balaban J connectivity index is 0.00000451. The van der Waals surface area contributed by atoms with Crippen molar-refractivity contribution in [2.24, 2.45) is 11.8 Å². The number of benzene rings is 1. The Bertz CT molecular complexity index is 1820. The molecular weight excluding hydrogens is 779 g/mol. The van der Waals surface area contributed by atoms with Gasteiger partial charge in [-0.15, -0.1) is 0 Å². The number of aromatic nitrogens is 2. The number of hydrogen-bond donors (Lipinski definition) is 2. The van der Waals surface area contributed by atoms with E-state index in [9.17, 15) is 39.5 Å². The lowest BCUT2D eigenvalue weighted by molar-refractivity contribution is -0.508. The second-order valence-corrected chi connectivity index (χ2v) is 13.6. The number of ether oxygens (including phenoxy) is 1. The van der Waals surface area contributed by atoms with Crippen LogP contribution in [0, 0.1) is 22.0 Å². The molecule has 2 aromatic heterocycles. The summed E-state index contributed by atoms with van der Waals surface area (Å²) in [5.41, 5.74) is 1.10. The van der Waals surface area contributed by atoms with Crippen molar-refractivity contribution in [3.8, 4) is 0 Å². The minimum absolute atomic E-state index is 0. The summed E-state index contributed by atoms with van der Waals surface area (Å²) in [7, 11) is 0. The maximum Gasteiger partial charge on any atom is 0.410 e. The van der Waals surface area contributed by atoms with Crippen molar-refractivity contribution in [1.82, 2.24) is 19.3 Å². The lowest BCUT2D eigenvalue weighted by atomic mass is 9.77. The van der Waals surface area contributed by atoms with E-state index in [-0.39, 0.29) is 66.2 Å². The van der Waals surface area contributed by atoms with Crippen LogP contribution in [-0.4, -0.2) is 103 Å². The van der Waals surface area contributed by atoms with Crippen LogP contribution >= 0.6 is 23.1 Å². The first-order chi connectivity index (χ1) is 22.4. The van der Waals surface area contributed by atoms with Crippen molar-refractivity contribution < 1.29 is 67.4 Å². The number of rotatable bonds is 9. The fraction of sp³-hybridized carbons (Fsp3) is 0.433. The first-order valence-electron chi connectivity index (χ1n) is 14.9. The van der Waals surface area contributed by atoms with Crippen LogP contribution < -0.4 is 28.4 Å². The van der Waals surface area contributed by atoms with E-state index >= 15 is 0 Å². The molecule has 6 rings (SSSR count). The van der Waals surface area contributed by atoms with Crippen molar-refractivity contribution in [2.45, 2.75) is 44.2 Å². The van der Waals surface area contributed by atoms with E-state index in [1.807, 2.05) is 28.3 Å². The van der Waals surface area contributed by atoms with Gasteiger partial charge in [0.1, 0.15) is 18.5 Å². The van der Waals surface area contributed by atoms with Crippen LogP contribution in [0.25, 0.3) is 10.4 Å². The van der Waals surface area contributed by atoms with E-state index in [2.05, 4.69) is 0 Å². The number of halogens is 1. The Morgan fingerprint density at radius 3 is 2.40 bits per heavy atom. The van der Waals surface area contributed by atoms with Gasteiger partial charge < -0.3 is 53.6 Å². The Labute approximate surface area is 299 Å². The predicted molar refractivity (Wildman–Crippen MR) is 168 cm³/mol. The molecule has 0 aliphatic carbocycles. The zero-order valence-electron chi connectivity index (χ0n) is 26.1. The highest BCUT2D eigenvalue weighted by molar-refractivity contribution is 7.98. The van der Waals surface area contributed by atoms with Gasteiger partial charge in [-0.25, -0.2) is 14.2 Å². The number of aliphatic hydroxyl groups excluding tert-OH is 1. The highest BCUT2D eigenvalue weighted by atomic mass is 127. The molecule has 3 amide bonds. The number of β-lactam (4-membered cyclic amide) rings is 1.